The molecule has 1 aromatic heterocycles. The van der Waals surface area contributed by atoms with Crippen molar-refractivity contribution >= 4 is 17.2 Å². The standard InChI is InChI=1S/C13H20N2O2S/c1-11(12-3-2-10-18-12)14-5-4-13(16)15-6-8-17-9-7-15/h2-3,10-11,14H,4-9H2,1H3. The topological polar surface area (TPSA) is 41.6 Å². The van der Waals surface area contributed by atoms with Gasteiger partial charge in [0.15, 0.2) is 0 Å². The second kappa shape index (κ2) is 6.87. The summed E-state index contributed by atoms with van der Waals surface area (Å²) >= 11 is 1.74. The van der Waals surface area contributed by atoms with Crippen molar-refractivity contribution in [3.63, 3.8) is 0 Å². The maximum Gasteiger partial charge on any atom is 0.224 e. The second-order valence-electron chi connectivity index (χ2n) is 4.43. The first-order valence-corrected chi connectivity index (χ1v) is 7.27. The number of amides is 1. The molecule has 4 nitrogen and oxygen atoms in total. The van der Waals surface area contributed by atoms with E-state index in [2.05, 4.69) is 29.8 Å². The molecule has 2 heterocycles. The van der Waals surface area contributed by atoms with Gasteiger partial charge in [-0.15, -0.1) is 11.3 Å². The van der Waals surface area contributed by atoms with Crippen LogP contribution in [-0.4, -0.2) is 43.7 Å². The molecule has 0 saturated carbocycles. The van der Waals surface area contributed by atoms with Gasteiger partial charge in [0.05, 0.1) is 13.2 Å². The number of hydrogen-bond acceptors (Lipinski definition) is 4. The van der Waals surface area contributed by atoms with E-state index in [4.69, 9.17) is 4.74 Å². The first-order chi connectivity index (χ1) is 8.77. The molecule has 0 aliphatic carbocycles. The van der Waals surface area contributed by atoms with Crippen molar-refractivity contribution in [3.8, 4) is 0 Å². The summed E-state index contributed by atoms with van der Waals surface area (Å²) in [6, 6.07) is 4.49. The van der Waals surface area contributed by atoms with Gasteiger partial charge in [-0.05, 0) is 18.4 Å². The summed E-state index contributed by atoms with van der Waals surface area (Å²) in [7, 11) is 0. The van der Waals surface area contributed by atoms with E-state index < -0.39 is 0 Å². The summed E-state index contributed by atoms with van der Waals surface area (Å²) in [5.74, 6) is 0.226. The minimum absolute atomic E-state index is 0.226. The van der Waals surface area contributed by atoms with Gasteiger partial charge >= 0.3 is 0 Å². The third-order valence-corrected chi connectivity index (χ3v) is 4.18. The van der Waals surface area contributed by atoms with Crippen molar-refractivity contribution < 1.29 is 9.53 Å². The van der Waals surface area contributed by atoms with Crippen molar-refractivity contribution in [2.75, 3.05) is 32.8 Å². The van der Waals surface area contributed by atoms with Crippen molar-refractivity contribution in [2.24, 2.45) is 0 Å². The lowest BCUT2D eigenvalue weighted by atomic mass is 10.2. The maximum atomic E-state index is 11.9. The lowest BCUT2D eigenvalue weighted by Gasteiger charge is -2.27. The van der Waals surface area contributed by atoms with Gasteiger partial charge in [-0.3, -0.25) is 4.79 Å². The van der Waals surface area contributed by atoms with Crippen LogP contribution in [-0.2, 0) is 9.53 Å². The van der Waals surface area contributed by atoms with Crippen LogP contribution in [0.15, 0.2) is 17.5 Å². The number of morpholine rings is 1. The number of nitrogens with zero attached hydrogens (tertiary/aromatic N) is 1. The van der Waals surface area contributed by atoms with Crippen molar-refractivity contribution in [1.82, 2.24) is 10.2 Å². The Kier molecular flexibility index (Phi) is 5.16. The van der Waals surface area contributed by atoms with Gasteiger partial charge in [0, 0.05) is 37.0 Å². The van der Waals surface area contributed by atoms with E-state index in [1.54, 1.807) is 11.3 Å². The van der Waals surface area contributed by atoms with Gasteiger partial charge in [-0.2, -0.15) is 0 Å². The molecule has 1 atom stereocenters. The fourth-order valence-electron chi connectivity index (χ4n) is 2.00. The van der Waals surface area contributed by atoms with Crippen LogP contribution in [0, 0.1) is 0 Å². The fourth-order valence-corrected chi connectivity index (χ4v) is 2.76. The van der Waals surface area contributed by atoms with Crippen LogP contribution in [0.25, 0.3) is 0 Å². The number of thiophene rings is 1. The van der Waals surface area contributed by atoms with Gasteiger partial charge in [0.25, 0.3) is 0 Å². The average Bonchev–Trinajstić information content (AvgIpc) is 2.93. The lowest BCUT2D eigenvalue weighted by Crippen LogP contribution is -2.41. The molecule has 1 aromatic rings. The number of hydrogen-bond donors (Lipinski definition) is 1. The van der Waals surface area contributed by atoms with Crippen LogP contribution in [0.1, 0.15) is 24.3 Å². The minimum Gasteiger partial charge on any atom is -0.378 e. The predicted octanol–water partition coefficient (Wildman–Crippen LogP) is 1.65. The Hall–Kier alpha value is -0.910. The third-order valence-electron chi connectivity index (χ3n) is 3.12. The van der Waals surface area contributed by atoms with Crippen molar-refractivity contribution in [1.29, 1.82) is 0 Å². The molecule has 1 aliphatic heterocycles. The van der Waals surface area contributed by atoms with Crippen molar-refractivity contribution in [2.45, 2.75) is 19.4 Å². The summed E-state index contributed by atoms with van der Waals surface area (Å²) in [4.78, 5) is 15.1. The molecule has 1 amide bonds. The molecule has 1 fully saturated rings. The van der Waals surface area contributed by atoms with Gasteiger partial charge in [0.2, 0.25) is 5.91 Å². The Morgan fingerprint density at radius 2 is 2.33 bits per heavy atom. The Bertz CT molecular complexity index is 361. The van der Waals surface area contributed by atoms with Crippen LogP contribution in [0.4, 0.5) is 0 Å². The van der Waals surface area contributed by atoms with E-state index in [0.29, 0.717) is 25.7 Å². The fraction of sp³-hybridized carbons (Fsp3) is 0.615. The first kappa shape index (κ1) is 13.5. The predicted molar refractivity (Wildman–Crippen MR) is 72.8 cm³/mol. The van der Waals surface area contributed by atoms with Crippen LogP contribution in [0.5, 0.6) is 0 Å². The SMILES string of the molecule is CC(NCCC(=O)N1CCOCC1)c1cccs1. The molecule has 1 saturated heterocycles. The van der Waals surface area contributed by atoms with E-state index in [1.807, 2.05) is 4.90 Å². The highest BCUT2D eigenvalue weighted by Crippen LogP contribution is 2.17. The molecule has 0 spiro atoms. The molecule has 18 heavy (non-hydrogen) atoms. The summed E-state index contributed by atoms with van der Waals surface area (Å²) in [6.07, 6.45) is 0.565. The minimum atomic E-state index is 0.226. The Morgan fingerprint density at radius 1 is 1.56 bits per heavy atom. The summed E-state index contributed by atoms with van der Waals surface area (Å²) in [6.45, 7) is 5.68. The average molecular weight is 268 g/mol. The maximum absolute atomic E-state index is 11.9. The number of carbonyl (C=O) groups excluding carboxylic acids is 1. The van der Waals surface area contributed by atoms with Crippen molar-refractivity contribution in [3.05, 3.63) is 22.4 Å². The quantitative estimate of drug-likeness (QED) is 0.883. The van der Waals surface area contributed by atoms with E-state index in [1.165, 1.54) is 4.88 Å². The molecular weight excluding hydrogens is 248 g/mol. The van der Waals surface area contributed by atoms with Crippen LogP contribution in [0.2, 0.25) is 0 Å². The highest BCUT2D eigenvalue weighted by molar-refractivity contribution is 7.10. The van der Waals surface area contributed by atoms with Gasteiger partial charge in [0.1, 0.15) is 0 Å². The Labute approximate surface area is 112 Å². The number of ether oxygens (including phenoxy) is 1. The molecule has 0 radical (unpaired) electrons. The molecule has 2 rings (SSSR count). The number of rotatable bonds is 5. The Balaban J connectivity index is 1.67. The summed E-state index contributed by atoms with van der Waals surface area (Å²) in [5.41, 5.74) is 0. The third kappa shape index (κ3) is 3.80. The molecule has 1 unspecified atom stereocenters. The molecule has 1 aliphatic rings. The first-order valence-electron chi connectivity index (χ1n) is 6.39. The molecule has 0 aromatic carbocycles. The highest BCUT2D eigenvalue weighted by Gasteiger charge is 2.16. The van der Waals surface area contributed by atoms with E-state index in [9.17, 15) is 4.79 Å². The zero-order valence-corrected chi connectivity index (χ0v) is 11.5. The summed E-state index contributed by atoms with van der Waals surface area (Å²) < 4.78 is 5.23. The van der Waals surface area contributed by atoms with Gasteiger partial charge in [-0.1, -0.05) is 6.07 Å². The molecule has 5 heteroatoms. The highest BCUT2D eigenvalue weighted by atomic mass is 32.1. The van der Waals surface area contributed by atoms with E-state index >= 15 is 0 Å². The summed E-state index contributed by atoms with van der Waals surface area (Å²) in [5, 5.41) is 5.46. The van der Waals surface area contributed by atoms with Crippen LogP contribution < -0.4 is 5.32 Å². The number of carbonyl (C=O) groups is 1. The second-order valence-corrected chi connectivity index (χ2v) is 5.41. The lowest BCUT2D eigenvalue weighted by molar-refractivity contribution is -0.135. The zero-order valence-electron chi connectivity index (χ0n) is 10.7. The van der Waals surface area contributed by atoms with E-state index in [-0.39, 0.29) is 5.91 Å². The van der Waals surface area contributed by atoms with E-state index in [0.717, 1.165) is 19.6 Å². The Morgan fingerprint density at radius 3 is 3.00 bits per heavy atom. The smallest absolute Gasteiger partial charge is 0.224 e. The largest absolute Gasteiger partial charge is 0.378 e. The molecule has 0 bridgehead atoms. The number of nitrogens with one attached hydrogen (secondary N) is 1. The normalized spacial score (nSPS) is 17.7. The van der Waals surface area contributed by atoms with Crippen LogP contribution in [0.3, 0.4) is 0 Å². The monoisotopic (exact) mass is 268 g/mol. The van der Waals surface area contributed by atoms with Crippen LogP contribution >= 0.6 is 11.3 Å². The molecule has 1 N–H and O–H groups in total. The molecule has 100 valence electrons. The van der Waals surface area contributed by atoms with Gasteiger partial charge < -0.3 is 15.0 Å². The zero-order chi connectivity index (χ0) is 12.8. The molecular formula is C13H20N2O2S. The van der Waals surface area contributed by atoms with Gasteiger partial charge in [-0.25, -0.2) is 0 Å².